The van der Waals surface area contributed by atoms with E-state index in [-0.39, 0.29) is 5.56 Å². The maximum absolute atomic E-state index is 10.5. The van der Waals surface area contributed by atoms with Crippen LogP contribution in [0.1, 0.15) is 5.56 Å². The second kappa shape index (κ2) is 3.47. The first-order valence-electron chi connectivity index (χ1n) is 3.19. The van der Waals surface area contributed by atoms with Gasteiger partial charge >= 0.3 is 0 Å². The van der Waals surface area contributed by atoms with Gasteiger partial charge in [0.05, 0.1) is 4.92 Å². The predicted octanol–water partition coefficient (Wildman–Crippen LogP) is 0.622. The summed E-state index contributed by atoms with van der Waals surface area (Å²) in [6, 6.07) is 2.80. The zero-order valence-corrected chi connectivity index (χ0v) is 6.06. The number of nitrogens with zero attached hydrogens (tertiary/aromatic N) is 1. The van der Waals surface area contributed by atoms with Gasteiger partial charge in [-0.2, -0.15) is 0 Å². The molecule has 0 spiro atoms. The molecular formula is C7H6N2O3. The van der Waals surface area contributed by atoms with Gasteiger partial charge in [-0.15, -0.1) is 0 Å². The molecule has 0 bridgehead atoms. The molecule has 0 radical (unpaired) electrons. The Morgan fingerprint density at radius 3 is 2.75 bits per heavy atom. The molecule has 0 aromatic carbocycles. The van der Waals surface area contributed by atoms with Gasteiger partial charge in [0.1, 0.15) is 0 Å². The largest absolute Gasteiger partial charge is 0.329 e. The lowest BCUT2D eigenvalue weighted by Crippen LogP contribution is -2.01. The Kier molecular flexibility index (Phi) is 2.37. The second-order valence-electron chi connectivity index (χ2n) is 2.09. The molecule has 0 aliphatic rings. The van der Waals surface area contributed by atoms with Gasteiger partial charge in [-0.05, 0) is 11.6 Å². The van der Waals surface area contributed by atoms with Crippen molar-refractivity contribution in [3.8, 4) is 0 Å². The summed E-state index contributed by atoms with van der Waals surface area (Å²) in [7, 11) is 0. The van der Waals surface area contributed by atoms with Crippen LogP contribution in [0.5, 0.6) is 0 Å². The number of H-pyrrole nitrogens is 1. The minimum atomic E-state index is -0.564. The minimum Gasteiger partial charge on any atom is -0.329 e. The monoisotopic (exact) mass is 166 g/mol. The number of aromatic amines is 1. The van der Waals surface area contributed by atoms with E-state index in [0.29, 0.717) is 5.56 Å². The van der Waals surface area contributed by atoms with E-state index in [9.17, 15) is 14.9 Å². The third-order valence-corrected chi connectivity index (χ3v) is 1.20. The molecule has 5 nitrogen and oxygen atoms in total. The van der Waals surface area contributed by atoms with Crippen LogP contribution < -0.4 is 5.56 Å². The van der Waals surface area contributed by atoms with Crippen LogP contribution in [-0.2, 0) is 0 Å². The molecule has 62 valence electrons. The number of hydrogen-bond donors (Lipinski definition) is 1. The van der Waals surface area contributed by atoms with Gasteiger partial charge in [-0.1, -0.05) is 0 Å². The molecule has 0 atom stereocenters. The molecule has 1 aromatic rings. The highest BCUT2D eigenvalue weighted by Gasteiger charge is 1.89. The fourth-order valence-corrected chi connectivity index (χ4v) is 0.673. The number of hydrogen-bond acceptors (Lipinski definition) is 3. The Hall–Kier alpha value is -1.91. The molecule has 0 fully saturated rings. The van der Waals surface area contributed by atoms with E-state index in [4.69, 9.17) is 0 Å². The summed E-state index contributed by atoms with van der Waals surface area (Å²) in [5, 5.41) is 9.89. The Balaban J connectivity index is 2.84. The third-order valence-electron chi connectivity index (χ3n) is 1.20. The van der Waals surface area contributed by atoms with Crippen LogP contribution in [0.3, 0.4) is 0 Å². The Bertz CT molecular complexity index is 347. The summed E-state index contributed by atoms with van der Waals surface area (Å²) in [5.41, 5.74) is 0.361. The van der Waals surface area contributed by atoms with Crippen molar-refractivity contribution in [3.05, 3.63) is 50.6 Å². The number of rotatable bonds is 2. The molecule has 0 aliphatic carbocycles. The summed E-state index contributed by atoms with van der Waals surface area (Å²) >= 11 is 0. The molecule has 0 saturated heterocycles. The molecule has 0 unspecified atom stereocenters. The summed E-state index contributed by atoms with van der Waals surface area (Å²) < 4.78 is 0. The minimum absolute atomic E-state index is 0.228. The highest BCUT2D eigenvalue weighted by atomic mass is 16.6. The van der Waals surface area contributed by atoms with Gasteiger partial charge in [0.25, 0.3) is 0 Å². The molecule has 12 heavy (non-hydrogen) atoms. The standard InChI is InChI=1S/C7H6N2O3/c10-7-2-1-6(5-8-7)3-4-9(11)12/h1-5H,(H,8,10)/b4-3+. The third kappa shape index (κ3) is 2.37. The molecule has 1 N–H and O–H groups in total. The average Bonchev–Trinajstić information content (AvgIpc) is 2.03. The van der Waals surface area contributed by atoms with E-state index >= 15 is 0 Å². The smallest absolute Gasteiger partial charge is 0.247 e. The van der Waals surface area contributed by atoms with Gasteiger partial charge in [0, 0.05) is 18.3 Å². The molecule has 1 rings (SSSR count). The summed E-state index contributed by atoms with van der Waals surface area (Å²) in [5.74, 6) is 0. The number of nitro groups is 1. The summed E-state index contributed by atoms with van der Waals surface area (Å²) in [6.07, 6.45) is 3.52. The highest BCUT2D eigenvalue weighted by molar-refractivity contribution is 5.45. The summed E-state index contributed by atoms with van der Waals surface area (Å²) in [4.78, 5) is 22.3. The van der Waals surface area contributed by atoms with E-state index < -0.39 is 4.92 Å². The number of pyridine rings is 1. The first-order chi connectivity index (χ1) is 5.68. The van der Waals surface area contributed by atoms with Crippen LogP contribution in [0.2, 0.25) is 0 Å². The molecule has 1 heterocycles. The lowest BCUT2D eigenvalue weighted by Gasteiger charge is -1.87. The topological polar surface area (TPSA) is 76.0 Å². The fourth-order valence-electron chi connectivity index (χ4n) is 0.673. The molecule has 0 aliphatic heterocycles. The van der Waals surface area contributed by atoms with Gasteiger partial charge in [0.2, 0.25) is 11.8 Å². The highest BCUT2D eigenvalue weighted by Crippen LogP contribution is 1.95. The Morgan fingerprint density at radius 1 is 1.50 bits per heavy atom. The van der Waals surface area contributed by atoms with Crippen LogP contribution >= 0.6 is 0 Å². The zero-order valence-electron chi connectivity index (χ0n) is 6.06. The van der Waals surface area contributed by atoms with E-state index in [2.05, 4.69) is 4.98 Å². The van der Waals surface area contributed by atoms with Crippen molar-refractivity contribution >= 4 is 6.08 Å². The van der Waals surface area contributed by atoms with E-state index in [0.717, 1.165) is 6.20 Å². The van der Waals surface area contributed by atoms with Crippen molar-refractivity contribution in [1.82, 2.24) is 4.98 Å². The quantitative estimate of drug-likeness (QED) is 0.516. The SMILES string of the molecule is O=c1ccc(/C=C/[N+](=O)[O-])c[nH]1. The Morgan fingerprint density at radius 2 is 2.25 bits per heavy atom. The summed E-state index contributed by atoms with van der Waals surface area (Å²) in [6.45, 7) is 0. The van der Waals surface area contributed by atoms with Crippen molar-refractivity contribution < 1.29 is 4.92 Å². The molecule has 0 saturated carbocycles. The first-order valence-corrected chi connectivity index (χ1v) is 3.19. The molecular weight excluding hydrogens is 160 g/mol. The van der Waals surface area contributed by atoms with Crippen molar-refractivity contribution in [3.63, 3.8) is 0 Å². The van der Waals surface area contributed by atoms with Gasteiger partial charge in [0.15, 0.2) is 0 Å². The van der Waals surface area contributed by atoms with Crippen molar-refractivity contribution in [2.24, 2.45) is 0 Å². The second-order valence-corrected chi connectivity index (χ2v) is 2.09. The van der Waals surface area contributed by atoms with E-state index in [1.807, 2.05) is 0 Å². The van der Waals surface area contributed by atoms with E-state index in [1.54, 1.807) is 0 Å². The predicted molar refractivity (Wildman–Crippen MR) is 43.1 cm³/mol. The molecule has 5 heteroatoms. The lowest BCUT2D eigenvalue weighted by atomic mass is 10.3. The van der Waals surface area contributed by atoms with Crippen LogP contribution in [0, 0.1) is 10.1 Å². The Labute approximate surface area is 67.5 Å². The lowest BCUT2D eigenvalue weighted by molar-refractivity contribution is -0.400. The maximum Gasteiger partial charge on any atom is 0.247 e. The van der Waals surface area contributed by atoms with Gasteiger partial charge in [-0.25, -0.2) is 0 Å². The van der Waals surface area contributed by atoms with E-state index in [1.165, 1.54) is 24.4 Å². The average molecular weight is 166 g/mol. The number of nitrogens with one attached hydrogen (secondary N) is 1. The zero-order chi connectivity index (χ0) is 8.97. The molecule has 1 aromatic heterocycles. The van der Waals surface area contributed by atoms with Crippen LogP contribution in [0.25, 0.3) is 6.08 Å². The fraction of sp³-hybridized carbons (Fsp3) is 0. The maximum atomic E-state index is 10.5. The van der Waals surface area contributed by atoms with Crippen LogP contribution in [-0.4, -0.2) is 9.91 Å². The normalized spacial score (nSPS) is 10.3. The number of aromatic nitrogens is 1. The van der Waals surface area contributed by atoms with Gasteiger partial charge < -0.3 is 4.98 Å². The van der Waals surface area contributed by atoms with Crippen LogP contribution in [0.4, 0.5) is 0 Å². The van der Waals surface area contributed by atoms with Gasteiger partial charge in [-0.3, -0.25) is 14.9 Å². The molecule has 0 amide bonds. The van der Waals surface area contributed by atoms with Crippen LogP contribution in [0.15, 0.2) is 29.3 Å². The van der Waals surface area contributed by atoms with Crippen molar-refractivity contribution in [2.75, 3.05) is 0 Å². The van der Waals surface area contributed by atoms with Crippen molar-refractivity contribution in [2.45, 2.75) is 0 Å². The first kappa shape index (κ1) is 8.19. The van der Waals surface area contributed by atoms with Crippen molar-refractivity contribution in [1.29, 1.82) is 0 Å².